The van der Waals surface area contributed by atoms with Crippen LogP contribution in [0, 0.1) is 0 Å². The van der Waals surface area contributed by atoms with Crippen LogP contribution in [0.2, 0.25) is 0 Å². The Labute approximate surface area is 98.3 Å². The molecule has 0 radical (unpaired) electrons. The molecule has 0 amide bonds. The van der Waals surface area contributed by atoms with Gasteiger partial charge in [0.2, 0.25) is 6.08 Å². The number of hydrogen-bond donors (Lipinski definition) is 1. The van der Waals surface area contributed by atoms with Gasteiger partial charge in [0.15, 0.2) is 0 Å². The van der Waals surface area contributed by atoms with Gasteiger partial charge in [-0.15, -0.1) is 0 Å². The number of halogens is 9. The molecule has 0 aliphatic heterocycles. The first kappa shape index (κ1) is 17.7. The van der Waals surface area contributed by atoms with E-state index in [9.17, 15) is 44.3 Å². The third kappa shape index (κ3) is 2.68. The summed E-state index contributed by atoms with van der Waals surface area (Å²) in [6.45, 7) is -2.55. The average molecular weight is 305 g/mol. The van der Waals surface area contributed by atoms with Gasteiger partial charge in [0, 0.05) is 0 Å². The van der Waals surface area contributed by atoms with Gasteiger partial charge in [-0.05, 0) is 0 Å². The van der Waals surface area contributed by atoms with Gasteiger partial charge in [-0.2, -0.15) is 26.3 Å². The highest BCUT2D eigenvalue weighted by atomic mass is 19.4. The lowest BCUT2D eigenvalue weighted by atomic mass is 9.92. The predicted octanol–water partition coefficient (Wildman–Crippen LogP) is 2.15. The fourth-order valence-corrected chi connectivity index (χ4v) is 0.903. The van der Waals surface area contributed by atoms with E-state index in [-0.39, 0.29) is 0 Å². The fraction of sp³-hybridized carbons (Fsp3) is 0.857. The van der Waals surface area contributed by atoms with Crippen LogP contribution in [-0.4, -0.2) is 47.8 Å². The number of nitrogens with zero attached hydrogens (tertiary/aromatic N) is 1. The van der Waals surface area contributed by atoms with Crippen LogP contribution in [0.4, 0.5) is 39.5 Å². The normalized spacial score (nSPS) is 17.0. The van der Waals surface area contributed by atoms with Crippen molar-refractivity contribution in [2.45, 2.75) is 30.0 Å². The number of aliphatic imine (C=N–C) groups is 1. The standard InChI is InChI=1S/C7H4F9NO2/c8-3(9)4(10,1-17-2-18)5(11,12)6(13,14)7(15,16)19/h3,19H,1H2. The van der Waals surface area contributed by atoms with Crippen LogP contribution in [0.15, 0.2) is 4.99 Å². The van der Waals surface area contributed by atoms with Gasteiger partial charge in [0.25, 0.3) is 12.1 Å². The maximum absolute atomic E-state index is 13.2. The van der Waals surface area contributed by atoms with Crippen molar-refractivity contribution in [3.8, 4) is 0 Å². The minimum Gasteiger partial charge on any atom is -0.331 e. The van der Waals surface area contributed by atoms with E-state index in [1.54, 1.807) is 0 Å². The number of aliphatic hydroxyl groups is 1. The van der Waals surface area contributed by atoms with Crippen LogP contribution in [0.3, 0.4) is 0 Å². The third-order valence-corrected chi connectivity index (χ3v) is 2.01. The van der Waals surface area contributed by atoms with E-state index in [4.69, 9.17) is 5.11 Å². The van der Waals surface area contributed by atoms with Gasteiger partial charge >= 0.3 is 18.0 Å². The lowest BCUT2D eigenvalue weighted by Gasteiger charge is -2.37. The minimum atomic E-state index is -6.86. The molecule has 0 aromatic rings. The maximum atomic E-state index is 13.2. The fourth-order valence-electron chi connectivity index (χ4n) is 0.903. The number of carbonyl (C=O) groups excluding carboxylic acids is 1. The Kier molecular flexibility index (Phi) is 4.66. The molecule has 1 atom stereocenters. The monoisotopic (exact) mass is 305 g/mol. The highest BCUT2D eigenvalue weighted by Gasteiger charge is 2.81. The summed E-state index contributed by atoms with van der Waals surface area (Å²) in [6.07, 6.45) is -11.1. The first-order chi connectivity index (χ1) is 8.25. The molecular formula is C7H4F9NO2. The Balaban J connectivity index is 5.87. The number of hydrogen-bond acceptors (Lipinski definition) is 3. The van der Waals surface area contributed by atoms with E-state index in [2.05, 4.69) is 0 Å². The van der Waals surface area contributed by atoms with Gasteiger partial charge in [-0.1, -0.05) is 0 Å². The number of isocyanates is 1. The molecule has 0 saturated carbocycles. The summed E-state index contributed by atoms with van der Waals surface area (Å²) in [5.74, 6) is -13.6. The van der Waals surface area contributed by atoms with Crippen LogP contribution in [0.25, 0.3) is 0 Å². The second kappa shape index (κ2) is 5.00. The van der Waals surface area contributed by atoms with Gasteiger partial charge in [-0.3, -0.25) is 0 Å². The number of alkyl halides is 9. The van der Waals surface area contributed by atoms with E-state index >= 15 is 0 Å². The molecule has 0 aromatic heterocycles. The molecule has 0 heterocycles. The van der Waals surface area contributed by atoms with E-state index in [0.29, 0.717) is 6.08 Å². The molecule has 1 N–H and O–H groups in total. The zero-order valence-corrected chi connectivity index (χ0v) is 8.49. The summed E-state index contributed by atoms with van der Waals surface area (Å²) in [5, 5.41) is 7.57. The average Bonchev–Trinajstić information content (AvgIpc) is 2.23. The summed E-state index contributed by atoms with van der Waals surface area (Å²) in [7, 11) is 0. The quantitative estimate of drug-likeness (QED) is 0.464. The zero-order chi connectivity index (χ0) is 15.7. The minimum absolute atomic E-state index is 0.314. The van der Waals surface area contributed by atoms with Crippen LogP contribution in [0.5, 0.6) is 0 Å². The first-order valence-electron chi connectivity index (χ1n) is 4.12. The molecule has 0 aliphatic rings. The maximum Gasteiger partial charge on any atom is 0.423 e. The molecule has 0 aliphatic carbocycles. The van der Waals surface area contributed by atoms with Gasteiger partial charge in [-0.25, -0.2) is 23.0 Å². The van der Waals surface area contributed by atoms with Crippen molar-refractivity contribution < 1.29 is 49.4 Å². The molecule has 3 nitrogen and oxygen atoms in total. The van der Waals surface area contributed by atoms with Crippen LogP contribution in [0.1, 0.15) is 0 Å². The zero-order valence-electron chi connectivity index (χ0n) is 8.49. The van der Waals surface area contributed by atoms with E-state index in [1.807, 2.05) is 4.99 Å². The van der Waals surface area contributed by atoms with E-state index in [0.717, 1.165) is 0 Å². The molecule has 19 heavy (non-hydrogen) atoms. The lowest BCUT2D eigenvalue weighted by molar-refractivity contribution is -0.409. The molecule has 0 aromatic carbocycles. The Morgan fingerprint density at radius 3 is 1.68 bits per heavy atom. The molecular weight excluding hydrogens is 301 g/mol. The molecule has 0 rings (SSSR count). The summed E-state index contributed by atoms with van der Waals surface area (Å²) in [6, 6.07) is 0. The molecule has 1 unspecified atom stereocenters. The van der Waals surface area contributed by atoms with Gasteiger partial charge < -0.3 is 5.11 Å². The highest BCUT2D eigenvalue weighted by Crippen LogP contribution is 2.52. The SMILES string of the molecule is O=C=NCC(F)(C(F)F)C(F)(F)C(F)(F)C(O)(F)F. The molecule has 112 valence electrons. The summed E-state index contributed by atoms with van der Waals surface area (Å²) < 4.78 is 112. The van der Waals surface area contributed by atoms with Crippen LogP contribution in [-0.2, 0) is 4.79 Å². The van der Waals surface area contributed by atoms with E-state index < -0.39 is 36.6 Å². The largest absolute Gasteiger partial charge is 0.423 e. The lowest BCUT2D eigenvalue weighted by Crippen LogP contribution is -2.67. The van der Waals surface area contributed by atoms with Crippen molar-refractivity contribution in [1.82, 2.24) is 0 Å². The Morgan fingerprint density at radius 2 is 1.42 bits per heavy atom. The van der Waals surface area contributed by atoms with Crippen molar-refractivity contribution in [2.75, 3.05) is 6.54 Å². The Bertz CT molecular complexity index is 373. The second-order valence-corrected chi connectivity index (χ2v) is 3.26. The van der Waals surface area contributed by atoms with Crippen LogP contribution < -0.4 is 0 Å². The summed E-state index contributed by atoms with van der Waals surface area (Å²) in [4.78, 5) is 11.4. The van der Waals surface area contributed by atoms with Crippen LogP contribution >= 0.6 is 0 Å². The molecule has 0 saturated heterocycles. The van der Waals surface area contributed by atoms with Crippen molar-refractivity contribution in [3.63, 3.8) is 0 Å². The van der Waals surface area contributed by atoms with E-state index in [1.165, 1.54) is 0 Å². The topological polar surface area (TPSA) is 49.7 Å². The number of rotatable bonds is 6. The van der Waals surface area contributed by atoms with Crippen molar-refractivity contribution in [2.24, 2.45) is 4.99 Å². The smallest absolute Gasteiger partial charge is 0.331 e. The first-order valence-corrected chi connectivity index (χ1v) is 4.12. The van der Waals surface area contributed by atoms with Crippen molar-refractivity contribution in [3.05, 3.63) is 0 Å². The van der Waals surface area contributed by atoms with Crippen molar-refractivity contribution in [1.29, 1.82) is 0 Å². The third-order valence-electron chi connectivity index (χ3n) is 2.01. The molecule has 0 fully saturated rings. The summed E-state index contributed by atoms with van der Waals surface area (Å²) >= 11 is 0. The second-order valence-electron chi connectivity index (χ2n) is 3.26. The Morgan fingerprint density at radius 1 is 1.00 bits per heavy atom. The summed E-state index contributed by atoms with van der Waals surface area (Å²) in [5.41, 5.74) is -5.60. The van der Waals surface area contributed by atoms with Crippen molar-refractivity contribution >= 4 is 6.08 Å². The molecule has 12 heteroatoms. The molecule has 0 spiro atoms. The molecule has 0 bridgehead atoms. The van der Waals surface area contributed by atoms with Gasteiger partial charge in [0.05, 0.1) is 6.54 Å². The Hall–Kier alpha value is -1.29. The predicted molar refractivity (Wildman–Crippen MR) is 39.9 cm³/mol. The van der Waals surface area contributed by atoms with Gasteiger partial charge in [0.1, 0.15) is 0 Å². The highest BCUT2D eigenvalue weighted by molar-refractivity contribution is 5.33.